The molecular formula is C27H30N2O10. The lowest BCUT2D eigenvalue weighted by Gasteiger charge is -2.42. The van der Waals surface area contributed by atoms with Gasteiger partial charge < -0.3 is 40.7 Å². The van der Waals surface area contributed by atoms with Gasteiger partial charge in [0.25, 0.3) is 0 Å². The summed E-state index contributed by atoms with van der Waals surface area (Å²) in [4.78, 5) is 39.8. The van der Waals surface area contributed by atoms with Crippen molar-refractivity contribution in [2.75, 3.05) is 13.7 Å². The number of aliphatic hydroxyl groups is 3. The molecule has 1 heterocycles. The second kappa shape index (κ2) is 9.66. The number of aliphatic hydroxyl groups excluding tert-OH is 2. The van der Waals surface area contributed by atoms with Crippen LogP contribution in [-0.2, 0) is 16.0 Å². The Hall–Kier alpha value is -3.39. The number of benzene rings is 2. The lowest BCUT2D eigenvalue weighted by atomic mass is 9.72. The number of aromatic hydroxyl groups is 2. The maximum Gasteiger partial charge on any atom is 0.202 e. The third kappa shape index (κ3) is 4.11. The highest BCUT2D eigenvalue weighted by Gasteiger charge is 2.50. The van der Waals surface area contributed by atoms with Crippen LogP contribution in [0.3, 0.4) is 0 Å². The zero-order valence-corrected chi connectivity index (χ0v) is 21.3. The van der Waals surface area contributed by atoms with E-state index in [4.69, 9.17) is 15.2 Å². The van der Waals surface area contributed by atoms with Gasteiger partial charge in [-0.1, -0.05) is 12.1 Å². The second-order valence-corrected chi connectivity index (χ2v) is 10.3. The van der Waals surface area contributed by atoms with Gasteiger partial charge in [-0.05, 0) is 13.0 Å². The van der Waals surface area contributed by atoms with Crippen LogP contribution in [0.4, 0.5) is 0 Å². The van der Waals surface area contributed by atoms with Gasteiger partial charge in [-0.3, -0.25) is 19.7 Å². The molecule has 5 rings (SSSR count). The summed E-state index contributed by atoms with van der Waals surface area (Å²) in [6, 6.07) is 3.24. The number of ether oxygens (including phenoxy) is 2. The molecule has 0 spiro atoms. The number of hydrogen-bond acceptors (Lipinski definition) is 12. The molecule has 39 heavy (non-hydrogen) atoms. The highest BCUT2D eigenvalue weighted by Crippen LogP contribution is 2.52. The van der Waals surface area contributed by atoms with Gasteiger partial charge in [-0.25, -0.2) is 0 Å². The van der Waals surface area contributed by atoms with Crippen molar-refractivity contribution >= 4 is 17.3 Å². The number of nitrogens with one attached hydrogen (secondary N) is 1. The van der Waals surface area contributed by atoms with Gasteiger partial charge in [0, 0.05) is 48.0 Å². The molecule has 1 fully saturated rings. The van der Waals surface area contributed by atoms with Crippen molar-refractivity contribution in [2.45, 2.75) is 62.3 Å². The molecular weight excluding hydrogens is 512 g/mol. The Bertz CT molecular complexity index is 1380. The van der Waals surface area contributed by atoms with E-state index in [9.17, 15) is 39.9 Å². The Morgan fingerprint density at radius 1 is 1.15 bits per heavy atom. The first-order valence-corrected chi connectivity index (χ1v) is 12.5. The summed E-state index contributed by atoms with van der Waals surface area (Å²) < 4.78 is 11.4. The predicted octanol–water partition coefficient (Wildman–Crippen LogP) is -0.426. The number of methoxy groups -OCH3 is 1. The molecule has 8 N–H and O–H groups in total. The van der Waals surface area contributed by atoms with Crippen LogP contribution in [0.2, 0.25) is 0 Å². The second-order valence-electron chi connectivity index (χ2n) is 10.3. The first-order chi connectivity index (χ1) is 18.4. The molecule has 12 heteroatoms. The van der Waals surface area contributed by atoms with Crippen LogP contribution in [0.5, 0.6) is 17.2 Å². The summed E-state index contributed by atoms with van der Waals surface area (Å²) in [5, 5.41) is 56.9. The number of phenols is 2. The van der Waals surface area contributed by atoms with Crippen molar-refractivity contribution < 1.29 is 49.4 Å². The fourth-order valence-corrected chi connectivity index (χ4v) is 5.90. The molecule has 3 aliphatic rings. The molecule has 1 saturated heterocycles. The van der Waals surface area contributed by atoms with E-state index in [0.29, 0.717) is 0 Å². The number of nitrogens with two attached hydrogens (primary N) is 1. The van der Waals surface area contributed by atoms with Crippen molar-refractivity contribution in [3.63, 3.8) is 0 Å². The Balaban J connectivity index is 1.69. The molecule has 6 atom stereocenters. The standard InChI is InChI=1S/C27H30N2O10/c1-10-22(32)13(28)6-17(29-10)39-15-8-27(37,16(31)9-30)7-12-19(15)26(36)21-20(24(12)34)23(33)11-4-3-5-14(38-2)18(11)25(21)35/h3-5,10,13,15,17,22,29-30,32,34,36-37H,6-9,28H2,1-2H3/t10?,13?,15-,17?,22?,27-/m0/s1. The fraction of sp³-hybridized carbons (Fsp3) is 0.444. The summed E-state index contributed by atoms with van der Waals surface area (Å²) in [6.45, 7) is 0.686. The molecule has 0 aromatic heterocycles. The molecule has 208 valence electrons. The summed E-state index contributed by atoms with van der Waals surface area (Å²) in [5.74, 6) is -3.67. The van der Waals surface area contributed by atoms with E-state index in [1.807, 2.05) is 0 Å². The summed E-state index contributed by atoms with van der Waals surface area (Å²) in [7, 11) is 1.33. The fourth-order valence-electron chi connectivity index (χ4n) is 5.90. The lowest BCUT2D eigenvalue weighted by Crippen LogP contribution is -2.59. The number of fused-ring (bicyclic) bond motifs is 3. The van der Waals surface area contributed by atoms with Gasteiger partial charge in [-0.2, -0.15) is 0 Å². The Kier molecular flexibility index (Phi) is 6.74. The normalized spacial score (nSPS) is 29.8. The Morgan fingerprint density at radius 2 is 1.85 bits per heavy atom. The largest absolute Gasteiger partial charge is 0.507 e. The molecule has 1 aliphatic heterocycles. The number of ketones is 3. The monoisotopic (exact) mass is 542 g/mol. The molecule has 2 aromatic rings. The van der Waals surface area contributed by atoms with Crippen molar-refractivity contribution in [1.29, 1.82) is 0 Å². The van der Waals surface area contributed by atoms with Crippen LogP contribution in [0.25, 0.3) is 0 Å². The highest BCUT2D eigenvalue weighted by molar-refractivity contribution is 6.31. The van der Waals surface area contributed by atoms with Gasteiger partial charge >= 0.3 is 0 Å². The average Bonchev–Trinajstić information content (AvgIpc) is 2.90. The zero-order valence-electron chi connectivity index (χ0n) is 21.3. The highest BCUT2D eigenvalue weighted by atomic mass is 16.5. The number of carbonyl (C=O) groups excluding carboxylic acids is 3. The van der Waals surface area contributed by atoms with Gasteiger partial charge in [-0.15, -0.1) is 0 Å². The quantitative estimate of drug-likeness (QED) is 0.205. The van der Waals surface area contributed by atoms with E-state index in [0.717, 1.165) is 0 Å². The van der Waals surface area contributed by atoms with Gasteiger partial charge in [0.1, 0.15) is 35.7 Å². The van der Waals surface area contributed by atoms with E-state index in [-0.39, 0.29) is 34.4 Å². The van der Waals surface area contributed by atoms with Crippen molar-refractivity contribution in [3.8, 4) is 17.2 Å². The third-order valence-corrected chi connectivity index (χ3v) is 7.95. The number of carbonyl (C=O) groups is 3. The van der Waals surface area contributed by atoms with E-state index < -0.39 is 95.5 Å². The zero-order chi connectivity index (χ0) is 28.4. The third-order valence-electron chi connectivity index (χ3n) is 7.95. The minimum atomic E-state index is -2.21. The molecule has 2 aliphatic carbocycles. The van der Waals surface area contributed by atoms with Crippen molar-refractivity contribution in [3.05, 3.63) is 51.6 Å². The molecule has 4 unspecified atom stereocenters. The predicted molar refractivity (Wildman–Crippen MR) is 134 cm³/mol. The first-order valence-electron chi connectivity index (χ1n) is 12.5. The molecule has 0 bridgehead atoms. The van der Waals surface area contributed by atoms with Crippen molar-refractivity contribution in [2.24, 2.45) is 5.73 Å². The van der Waals surface area contributed by atoms with E-state index in [1.165, 1.54) is 25.3 Å². The van der Waals surface area contributed by atoms with Gasteiger partial charge in [0.05, 0.1) is 36.0 Å². The summed E-state index contributed by atoms with van der Waals surface area (Å²) in [5.41, 5.74) is 2.57. The molecule has 0 amide bonds. The maximum absolute atomic E-state index is 13.7. The lowest BCUT2D eigenvalue weighted by molar-refractivity contribution is -0.152. The molecule has 12 nitrogen and oxygen atoms in total. The number of piperidine rings is 1. The minimum Gasteiger partial charge on any atom is -0.507 e. The summed E-state index contributed by atoms with van der Waals surface area (Å²) in [6.07, 6.45) is -3.80. The summed E-state index contributed by atoms with van der Waals surface area (Å²) >= 11 is 0. The number of hydrogen-bond donors (Lipinski definition) is 7. The minimum absolute atomic E-state index is 0.0419. The Labute approximate surface area is 223 Å². The van der Waals surface area contributed by atoms with Crippen LogP contribution >= 0.6 is 0 Å². The van der Waals surface area contributed by atoms with Crippen LogP contribution in [0.15, 0.2) is 18.2 Å². The number of rotatable bonds is 5. The van der Waals surface area contributed by atoms with E-state index in [2.05, 4.69) is 5.32 Å². The van der Waals surface area contributed by atoms with Gasteiger partial charge in [0.15, 0.2) is 11.6 Å². The number of Topliss-reactive ketones (excluding diaryl/α,β-unsaturated/α-hetero) is 1. The SMILES string of the molecule is COc1cccc2c1C(=O)c1c(O)c3c(c(O)c1C2=O)C[C@@](O)(C(=O)CO)C[C@@H]3OC1CC(N)C(O)C(C)N1. The topological polar surface area (TPSA) is 209 Å². The maximum atomic E-state index is 13.7. The van der Waals surface area contributed by atoms with Crippen LogP contribution in [0.1, 0.15) is 68.8 Å². The van der Waals surface area contributed by atoms with E-state index >= 15 is 0 Å². The number of phenolic OH excluding ortho intramolecular Hbond substituents is 2. The smallest absolute Gasteiger partial charge is 0.202 e. The van der Waals surface area contributed by atoms with Crippen LogP contribution in [-0.4, -0.2) is 86.6 Å². The first kappa shape index (κ1) is 27.2. The van der Waals surface area contributed by atoms with Crippen LogP contribution < -0.4 is 15.8 Å². The average molecular weight is 543 g/mol. The van der Waals surface area contributed by atoms with Gasteiger partial charge in [0.2, 0.25) is 5.78 Å². The molecule has 0 radical (unpaired) electrons. The van der Waals surface area contributed by atoms with E-state index in [1.54, 1.807) is 6.92 Å². The Morgan fingerprint density at radius 3 is 2.49 bits per heavy atom. The molecule has 0 saturated carbocycles. The molecule has 2 aromatic carbocycles. The van der Waals surface area contributed by atoms with Crippen LogP contribution in [0, 0.1) is 0 Å². The van der Waals surface area contributed by atoms with Crippen molar-refractivity contribution in [1.82, 2.24) is 5.32 Å².